The molecule has 1 aliphatic heterocycles. The van der Waals surface area contributed by atoms with Crippen LogP contribution in [-0.2, 0) is 17.8 Å². The number of hydrogen-bond donors (Lipinski definition) is 1. The van der Waals surface area contributed by atoms with Gasteiger partial charge in [0.1, 0.15) is 6.54 Å². The Kier molecular flexibility index (Phi) is 4.85. The fourth-order valence-electron chi connectivity index (χ4n) is 3.53. The molecule has 0 saturated carbocycles. The van der Waals surface area contributed by atoms with E-state index in [-0.39, 0.29) is 18.1 Å². The predicted molar refractivity (Wildman–Crippen MR) is 108 cm³/mol. The molecule has 0 bridgehead atoms. The van der Waals surface area contributed by atoms with Crippen molar-refractivity contribution in [3.05, 3.63) is 52.1 Å². The van der Waals surface area contributed by atoms with Crippen LogP contribution in [0.15, 0.2) is 35.1 Å². The topological polar surface area (TPSA) is 84.5 Å². The van der Waals surface area contributed by atoms with Crippen LogP contribution in [-0.4, -0.2) is 38.2 Å². The van der Waals surface area contributed by atoms with Crippen LogP contribution in [0.4, 0.5) is 11.6 Å². The molecule has 1 aromatic carbocycles. The van der Waals surface area contributed by atoms with E-state index in [1.807, 2.05) is 31.2 Å². The van der Waals surface area contributed by atoms with Crippen LogP contribution in [0.25, 0.3) is 5.65 Å². The quantitative estimate of drug-likeness (QED) is 0.732. The van der Waals surface area contributed by atoms with E-state index in [0.29, 0.717) is 17.3 Å². The maximum absolute atomic E-state index is 12.9. The number of anilines is 2. The van der Waals surface area contributed by atoms with Gasteiger partial charge in [-0.2, -0.15) is 0 Å². The fraction of sp³-hybridized carbons (Fsp3) is 0.400. The van der Waals surface area contributed by atoms with Crippen LogP contribution in [0.1, 0.15) is 31.0 Å². The molecule has 4 rings (SSSR count). The third kappa shape index (κ3) is 3.49. The first-order chi connectivity index (χ1) is 13.5. The summed E-state index contributed by atoms with van der Waals surface area (Å²) in [5.74, 6) is 0.321. The number of rotatable bonds is 5. The van der Waals surface area contributed by atoms with Gasteiger partial charge in [-0.15, -0.1) is 5.10 Å². The van der Waals surface area contributed by atoms with Crippen molar-refractivity contribution in [1.29, 1.82) is 0 Å². The first-order valence-electron chi connectivity index (χ1n) is 9.66. The van der Waals surface area contributed by atoms with E-state index in [4.69, 9.17) is 0 Å². The third-order valence-electron chi connectivity index (χ3n) is 5.01. The lowest BCUT2D eigenvalue weighted by atomic mass is 10.1. The van der Waals surface area contributed by atoms with Gasteiger partial charge in [0.15, 0.2) is 5.65 Å². The number of hydrogen-bond acceptors (Lipinski definition) is 5. The normalized spacial score (nSPS) is 14.0. The molecular formula is C20H24N6O2. The number of nitrogens with one attached hydrogen (secondary N) is 1. The van der Waals surface area contributed by atoms with Gasteiger partial charge in [0.25, 0.3) is 0 Å². The predicted octanol–water partition coefficient (Wildman–Crippen LogP) is 2.00. The summed E-state index contributed by atoms with van der Waals surface area (Å²) in [5, 5.41) is 7.17. The number of carbonyl (C=O) groups excluding carboxylic acids is 1. The second-order valence-corrected chi connectivity index (χ2v) is 7.12. The van der Waals surface area contributed by atoms with Crippen molar-refractivity contribution in [2.75, 3.05) is 23.3 Å². The van der Waals surface area contributed by atoms with E-state index >= 15 is 0 Å². The minimum atomic E-state index is -0.346. The highest BCUT2D eigenvalue weighted by Crippen LogP contribution is 2.18. The molecule has 3 aromatic rings. The number of amides is 1. The summed E-state index contributed by atoms with van der Waals surface area (Å²) in [4.78, 5) is 32.0. The molecule has 0 radical (unpaired) electrons. The highest BCUT2D eigenvalue weighted by molar-refractivity contribution is 5.90. The van der Waals surface area contributed by atoms with Crippen molar-refractivity contribution in [2.24, 2.45) is 0 Å². The van der Waals surface area contributed by atoms with E-state index in [2.05, 4.69) is 27.2 Å². The van der Waals surface area contributed by atoms with Crippen LogP contribution >= 0.6 is 0 Å². The minimum absolute atomic E-state index is 0.144. The summed E-state index contributed by atoms with van der Waals surface area (Å²) in [6, 6.07) is 9.44. The van der Waals surface area contributed by atoms with Gasteiger partial charge >= 0.3 is 5.69 Å². The average Bonchev–Trinajstić information content (AvgIpc) is 3.31. The van der Waals surface area contributed by atoms with Crippen molar-refractivity contribution in [3.63, 3.8) is 0 Å². The molecule has 8 heteroatoms. The second kappa shape index (κ2) is 7.46. The molecule has 0 unspecified atom stereocenters. The fourth-order valence-corrected chi connectivity index (χ4v) is 3.53. The lowest BCUT2D eigenvalue weighted by Crippen LogP contribution is -2.31. The van der Waals surface area contributed by atoms with Gasteiger partial charge in [-0.25, -0.2) is 18.9 Å². The maximum Gasteiger partial charge on any atom is 0.353 e. The molecule has 1 saturated heterocycles. The average molecular weight is 380 g/mol. The van der Waals surface area contributed by atoms with E-state index in [1.165, 1.54) is 14.6 Å². The largest absolute Gasteiger partial charge is 0.353 e. The number of aryl methyl sites for hydroxylation is 2. The minimum Gasteiger partial charge on any atom is -0.342 e. The summed E-state index contributed by atoms with van der Waals surface area (Å²) >= 11 is 0. The number of nitrogens with zero attached hydrogens (tertiary/aromatic N) is 5. The Morgan fingerprint density at radius 3 is 2.57 bits per heavy atom. The Morgan fingerprint density at radius 2 is 1.89 bits per heavy atom. The lowest BCUT2D eigenvalue weighted by Gasteiger charge is -2.17. The van der Waals surface area contributed by atoms with Crippen molar-refractivity contribution in [2.45, 2.75) is 39.7 Å². The Hall–Kier alpha value is -3.16. The van der Waals surface area contributed by atoms with Gasteiger partial charge < -0.3 is 10.2 Å². The zero-order valence-electron chi connectivity index (χ0n) is 16.2. The van der Waals surface area contributed by atoms with Crippen LogP contribution in [0.2, 0.25) is 0 Å². The number of aromatic nitrogens is 4. The molecule has 3 heterocycles. The van der Waals surface area contributed by atoms with Crippen LogP contribution < -0.4 is 15.9 Å². The molecule has 1 amide bonds. The van der Waals surface area contributed by atoms with Crippen molar-refractivity contribution < 1.29 is 4.79 Å². The Balaban J connectivity index is 1.60. The van der Waals surface area contributed by atoms with Crippen LogP contribution in [0.5, 0.6) is 0 Å². The SMILES string of the molecule is CCc1ccc(NC(=O)Cn2nc3cc(C)nc(N4CCCC4)n3c2=O)cc1. The van der Waals surface area contributed by atoms with E-state index in [1.54, 1.807) is 6.07 Å². The van der Waals surface area contributed by atoms with Crippen LogP contribution in [0.3, 0.4) is 0 Å². The molecule has 2 aromatic heterocycles. The Bertz CT molecular complexity index is 1060. The van der Waals surface area contributed by atoms with Gasteiger partial charge in [0.2, 0.25) is 11.9 Å². The Labute approximate surface area is 162 Å². The Morgan fingerprint density at radius 1 is 1.18 bits per heavy atom. The first kappa shape index (κ1) is 18.2. The summed E-state index contributed by atoms with van der Waals surface area (Å²) in [6.07, 6.45) is 3.11. The molecule has 1 N–H and O–H groups in total. The zero-order chi connectivity index (χ0) is 19.7. The molecular weight excluding hydrogens is 356 g/mol. The first-order valence-corrected chi connectivity index (χ1v) is 9.66. The number of fused-ring (bicyclic) bond motifs is 1. The lowest BCUT2D eigenvalue weighted by molar-refractivity contribution is -0.117. The van der Waals surface area contributed by atoms with E-state index < -0.39 is 0 Å². The summed E-state index contributed by atoms with van der Waals surface area (Å²) < 4.78 is 2.70. The molecule has 0 atom stereocenters. The maximum atomic E-state index is 12.9. The molecule has 28 heavy (non-hydrogen) atoms. The number of benzene rings is 1. The van der Waals surface area contributed by atoms with Gasteiger partial charge in [0.05, 0.1) is 0 Å². The van der Waals surface area contributed by atoms with Gasteiger partial charge in [0, 0.05) is 30.5 Å². The van der Waals surface area contributed by atoms with E-state index in [9.17, 15) is 9.59 Å². The summed E-state index contributed by atoms with van der Waals surface area (Å²) in [5.41, 5.74) is 2.87. The van der Waals surface area contributed by atoms with Crippen molar-refractivity contribution in [1.82, 2.24) is 19.2 Å². The molecule has 8 nitrogen and oxygen atoms in total. The van der Waals surface area contributed by atoms with Gasteiger partial charge in [-0.1, -0.05) is 19.1 Å². The van der Waals surface area contributed by atoms with Crippen molar-refractivity contribution in [3.8, 4) is 0 Å². The molecule has 1 aliphatic rings. The van der Waals surface area contributed by atoms with Crippen LogP contribution in [0, 0.1) is 6.92 Å². The van der Waals surface area contributed by atoms with Gasteiger partial charge in [-0.3, -0.25) is 4.79 Å². The standard InChI is InChI=1S/C20H24N6O2/c1-3-15-6-8-16(9-7-15)22-18(27)13-25-20(28)26-17(23-25)12-14(2)21-19(26)24-10-4-5-11-24/h6-9,12H,3-5,10-11,13H2,1-2H3,(H,22,27). The smallest absolute Gasteiger partial charge is 0.342 e. The molecule has 1 fully saturated rings. The molecule has 0 aliphatic carbocycles. The highest BCUT2D eigenvalue weighted by Gasteiger charge is 2.21. The third-order valence-corrected chi connectivity index (χ3v) is 5.01. The summed E-state index contributed by atoms with van der Waals surface area (Å²) in [6.45, 7) is 5.56. The van der Waals surface area contributed by atoms with E-state index in [0.717, 1.165) is 38.0 Å². The monoisotopic (exact) mass is 380 g/mol. The van der Waals surface area contributed by atoms with Crippen molar-refractivity contribution >= 4 is 23.2 Å². The van der Waals surface area contributed by atoms with Gasteiger partial charge in [-0.05, 0) is 43.9 Å². The zero-order valence-corrected chi connectivity index (χ0v) is 16.2. The highest BCUT2D eigenvalue weighted by atomic mass is 16.2. The number of carbonyl (C=O) groups is 1. The molecule has 146 valence electrons. The second-order valence-electron chi connectivity index (χ2n) is 7.12. The summed E-state index contributed by atoms with van der Waals surface area (Å²) in [7, 11) is 0. The molecule has 0 spiro atoms.